The molecule has 0 saturated heterocycles. The molecule has 3 rings (SSSR count). The highest BCUT2D eigenvalue weighted by Crippen LogP contribution is 2.18. The molecule has 0 bridgehead atoms. The van der Waals surface area contributed by atoms with E-state index < -0.39 is 0 Å². The first-order valence-corrected chi connectivity index (χ1v) is 7.29. The number of nitrogens with zero attached hydrogens (tertiary/aromatic N) is 4. The van der Waals surface area contributed by atoms with Crippen molar-refractivity contribution in [2.75, 3.05) is 6.67 Å². The molecule has 2 heterocycles. The maximum atomic E-state index is 4.38. The molecule has 1 N–H and O–H groups in total. The maximum absolute atomic E-state index is 4.38. The summed E-state index contributed by atoms with van der Waals surface area (Å²) in [6, 6.07) is 10.6. The van der Waals surface area contributed by atoms with E-state index in [-0.39, 0.29) is 6.04 Å². The topological polar surface area (TPSA) is 55.1 Å². The van der Waals surface area contributed by atoms with Crippen molar-refractivity contribution in [3.8, 4) is 0 Å². The van der Waals surface area contributed by atoms with Crippen molar-refractivity contribution in [3.05, 3.63) is 60.0 Å². The number of hydrogen-bond acceptors (Lipinski definition) is 4. The Kier molecular flexibility index (Phi) is 4.25. The Morgan fingerprint density at radius 1 is 1.36 bits per heavy atom. The number of fused-ring (bicyclic) bond motifs is 1. The molecule has 0 saturated carbocycles. The van der Waals surface area contributed by atoms with E-state index >= 15 is 0 Å². The molecule has 1 aromatic carbocycles. The van der Waals surface area contributed by atoms with Crippen molar-refractivity contribution in [1.29, 1.82) is 0 Å². The van der Waals surface area contributed by atoms with Crippen molar-refractivity contribution < 1.29 is 0 Å². The van der Waals surface area contributed by atoms with Crippen LogP contribution in [0.4, 0.5) is 0 Å². The van der Waals surface area contributed by atoms with Gasteiger partial charge in [-0.05, 0) is 30.7 Å². The first-order valence-electron chi connectivity index (χ1n) is 7.29. The highest BCUT2D eigenvalue weighted by atomic mass is 15.2. The Morgan fingerprint density at radius 2 is 2.27 bits per heavy atom. The summed E-state index contributed by atoms with van der Waals surface area (Å²) in [7, 11) is 1.90. The lowest BCUT2D eigenvalue weighted by atomic mass is 10.1. The zero-order chi connectivity index (χ0) is 15.4. The summed E-state index contributed by atoms with van der Waals surface area (Å²) in [5.41, 5.74) is 3.26. The first kappa shape index (κ1) is 14.4. The van der Waals surface area contributed by atoms with Gasteiger partial charge in [-0.3, -0.25) is 20.0 Å². The van der Waals surface area contributed by atoms with Crippen molar-refractivity contribution in [3.63, 3.8) is 0 Å². The SMILES string of the molecule is CC(NC/N=C/c1cnn(C)c1)c1ccc2ncccc2c1. The normalized spacial score (nSPS) is 13.0. The monoisotopic (exact) mass is 293 g/mol. The van der Waals surface area contributed by atoms with Crippen LogP contribution in [0.3, 0.4) is 0 Å². The van der Waals surface area contributed by atoms with Crippen LogP contribution in [0.25, 0.3) is 10.9 Å². The molecule has 2 aromatic heterocycles. The Morgan fingerprint density at radius 3 is 3.09 bits per heavy atom. The number of aromatic nitrogens is 3. The molecule has 0 aliphatic carbocycles. The first-order chi connectivity index (χ1) is 10.7. The number of aliphatic imine (C=N–C) groups is 1. The highest BCUT2D eigenvalue weighted by Gasteiger charge is 2.05. The van der Waals surface area contributed by atoms with Crippen LogP contribution in [0, 0.1) is 0 Å². The fraction of sp³-hybridized carbons (Fsp3) is 0.235. The second-order valence-corrected chi connectivity index (χ2v) is 5.30. The van der Waals surface area contributed by atoms with Crippen LogP contribution >= 0.6 is 0 Å². The predicted octanol–water partition coefficient (Wildman–Crippen LogP) is 2.70. The van der Waals surface area contributed by atoms with E-state index in [4.69, 9.17) is 0 Å². The zero-order valence-electron chi connectivity index (χ0n) is 12.8. The minimum Gasteiger partial charge on any atom is -0.292 e. The molecule has 0 amide bonds. The summed E-state index contributed by atoms with van der Waals surface area (Å²) in [4.78, 5) is 8.72. The summed E-state index contributed by atoms with van der Waals surface area (Å²) >= 11 is 0. The molecule has 0 aliphatic heterocycles. The molecule has 5 heteroatoms. The lowest BCUT2D eigenvalue weighted by Crippen LogP contribution is -2.18. The summed E-state index contributed by atoms with van der Waals surface area (Å²) in [5.74, 6) is 0. The van der Waals surface area contributed by atoms with Crippen molar-refractivity contribution >= 4 is 17.1 Å². The number of benzene rings is 1. The Balaban J connectivity index is 1.60. The predicted molar refractivity (Wildman–Crippen MR) is 89.0 cm³/mol. The van der Waals surface area contributed by atoms with Crippen molar-refractivity contribution in [2.24, 2.45) is 12.0 Å². The Hall–Kier alpha value is -2.53. The average Bonchev–Trinajstić information content (AvgIpc) is 2.96. The van der Waals surface area contributed by atoms with Crippen LogP contribution in [0.2, 0.25) is 0 Å². The smallest absolute Gasteiger partial charge is 0.0889 e. The van der Waals surface area contributed by atoms with E-state index in [1.54, 1.807) is 10.9 Å². The molecule has 0 spiro atoms. The lowest BCUT2D eigenvalue weighted by Gasteiger charge is -2.13. The van der Waals surface area contributed by atoms with E-state index in [9.17, 15) is 0 Å². The Bertz CT molecular complexity index is 790. The van der Waals surface area contributed by atoms with Crippen LogP contribution in [-0.4, -0.2) is 27.6 Å². The van der Waals surface area contributed by atoms with Gasteiger partial charge in [-0.25, -0.2) is 0 Å². The third-order valence-electron chi connectivity index (χ3n) is 3.58. The minimum atomic E-state index is 0.232. The molecular weight excluding hydrogens is 274 g/mol. The number of nitrogens with one attached hydrogen (secondary N) is 1. The third kappa shape index (κ3) is 3.38. The largest absolute Gasteiger partial charge is 0.292 e. The molecule has 22 heavy (non-hydrogen) atoms. The van der Waals surface area contributed by atoms with Gasteiger partial charge in [0.25, 0.3) is 0 Å². The quantitative estimate of drug-likeness (QED) is 0.736. The van der Waals surface area contributed by atoms with Crippen LogP contribution < -0.4 is 5.32 Å². The van der Waals surface area contributed by atoms with Gasteiger partial charge >= 0.3 is 0 Å². The van der Waals surface area contributed by atoms with Crippen LogP contribution in [0.5, 0.6) is 0 Å². The summed E-state index contributed by atoms with van der Waals surface area (Å²) in [5, 5.41) is 8.66. The van der Waals surface area contributed by atoms with E-state index in [0.717, 1.165) is 16.5 Å². The van der Waals surface area contributed by atoms with E-state index in [2.05, 4.69) is 51.6 Å². The molecule has 112 valence electrons. The molecule has 0 radical (unpaired) electrons. The number of hydrogen-bond donors (Lipinski definition) is 1. The molecule has 0 fully saturated rings. The fourth-order valence-electron chi connectivity index (χ4n) is 2.33. The van der Waals surface area contributed by atoms with E-state index in [1.807, 2.05) is 31.7 Å². The van der Waals surface area contributed by atoms with E-state index in [1.165, 1.54) is 5.56 Å². The minimum absolute atomic E-state index is 0.232. The van der Waals surface area contributed by atoms with Gasteiger partial charge in [0, 0.05) is 42.6 Å². The fourth-order valence-corrected chi connectivity index (χ4v) is 2.33. The van der Waals surface area contributed by atoms with Crippen LogP contribution in [0.1, 0.15) is 24.1 Å². The highest BCUT2D eigenvalue weighted by molar-refractivity contribution is 5.79. The van der Waals surface area contributed by atoms with Gasteiger partial charge < -0.3 is 0 Å². The molecular formula is C17H19N5. The second-order valence-electron chi connectivity index (χ2n) is 5.30. The third-order valence-corrected chi connectivity index (χ3v) is 3.58. The molecule has 5 nitrogen and oxygen atoms in total. The number of aryl methyl sites for hydroxylation is 1. The van der Waals surface area contributed by atoms with Crippen molar-refractivity contribution in [2.45, 2.75) is 13.0 Å². The van der Waals surface area contributed by atoms with Gasteiger partial charge in [0.05, 0.1) is 18.4 Å². The van der Waals surface area contributed by atoms with Gasteiger partial charge in [-0.15, -0.1) is 0 Å². The van der Waals surface area contributed by atoms with Crippen molar-refractivity contribution in [1.82, 2.24) is 20.1 Å². The molecule has 1 atom stereocenters. The van der Waals surface area contributed by atoms with Crippen LogP contribution in [-0.2, 0) is 7.05 Å². The summed E-state index contributed by atoms with van der Waals surface area (Å²) in [6.07, 6.45) is 7.38. The van der Waals surface area contributed by atoms with Gasteiger partial charge in [0.2, 0.25) is 0 Å². The number of rotatable bonds is 5. The van der Waals surface area contributed by atoms with Gasteiger partial charge in [-0.1, -0.05) is 12.1 Å². The molecule has 3 aromatic rings. The second kappa shape index (κ2) is 6.49. The maximum Gasteiger partial charge on any atom is 0.0889 e. The van der Waals surface area contributed by atoms with Crippen LogP contribution in [0.15, 0.2) is 53.9 Å². The van der Waals surface area contributed by atoms with E-state index in [0.29, 0.717) is 6.67 Å². The molecule has 0 aliphatic rings. The zero-order valence-corrected chi connectivity index (χ0v) is 12.8. The lowest BCUT2D eigenvalue weighted by molar-refractivity contribution is 0.590. The average molecular weight is 293 g/mol. The molecule has 1 unspecified atom stereocenters. The summed E-state index contributed by atoms with van der Waals surface area (Å²) in [6.45, 7) is 2.71. The number of pyridine rings is 1. The van der Waals surface area contributed by atoms with Gasteiger partial charge in [0.1, 0.15) is 0 Å². The van der Waals surface area contributed by atoms with Gasteiger partial charge in [0.15, 0.2) is 0 Å². The Labute approximate surface area is 129 Å². The summed E-state index contributed by atoms with van der Waals surface area (Å²) < 4.78 is 1.76. The standard InChI is InChI=1S/C17H19N5/c1-13(20-12-18-9-14-10-21-22(2)11-14)15-5-6-17-16(8-15)4-3-7-19-17/h3-11,13,20H,12H2,1-2H3/b18-9+. The van der Waals surface area contributed by atoms with Gasteiger partial charge in [-0.2, -0.15) is 5.10 Å².